The maximum Gasteiger partial charge on any atom is 0.227 e. The highest BCUT2D eigenvalue weighted by Crippen LogP contribution is 2.34. The van der Waals surface area contributed by atoms with E-state index in [0.29, 0.717) is 0 Å². The molecule has 1 saturated carbocycles. The molecule has 0 radical (unpaired) electrons. The summed E-state index contributed by atoms with van der Waals surface area (Å²) in [5.41, 5.74) is 1.25. The van der Waals surface area contributed by atoms with Gasteiger partial charge in [-0.25, -0.2) is 0 Å². The second-order valence-corrected chi connectivity index (χ2v) is 7.47. The lowest BCUT2D eigenvalue weighted by Gasteiger charge is -2.48. The number of rotatable bonds is 6. The van der Waals surface area contributed by atoms with Crippen molar-refractivity contribution in [1.29, 1.82) is 0 Å². The van der Waals surface area contributed by atoms with Crippen LogP contribution in [-0.4, -0.2) is 49.2 Å². The van der Waals surface area contributed by atoms with Crippen molar-refractivity contribution in [3.63, 3.8) is 0 Å². The van der Waals surface area contributed by atoms with Gasteiger partial charge in [-0.05, 0) is 24.8 Å². The normalized spacial score (nSPS) is 22.3. The zero-order valence-electron chi connectivity index (χ0n) is 15.5. The minimum Gasteiger partial charge on any atom is -0.379 e. The van der Waals surface area contributed by atoms with Crippen LogP contribution in [0, 0.1) is 0 Å². The van der Waals surface area contributed by atoms with E-state index in [4.69, 9.17) is 4.74 Å². The first-order chi connectivity index (χ1) is 12.2. The van der Waals surface area contributed by atoms with E-state index in [-0.39, 0.29) is 17.4 Å². The van der Waals surface area contributed by atoms with Crippen LogP contribution in [0.15, 0.2) is 30.3 Å². The largest absolute Gasteiger partial charge is 0.379 e. The second kappa shape index (κ2) is 8.81. The summed E-state index contributed by atoms with van der Waals surface area (Å²) in [4.78, 5) is 15.5. The van der Waals surface area contributed by atoms with E-state index < -0.39 is 0 Å². The maximum absolute atomic E-state index is 12.9. The molecule has 1 aromatic carbocycles. The summed E-state index contributed by atoms with van der Waals surface area (Å²) >= 11 is 0. The van der Waals surface area contributed by atoms with E-state index in [0.717, 1.165) is 44.8 Å². The summed E-state index contributed by atoms with van der Waals surface area (Å²) in [6.07, 6.45) is 7.07. The molecule has 1 heterocycles. The molecule has 1 N–H and O–H groups in total. The molecule has 0 bridgehead atoms. The Kier molecular flexibility index (Phi) is 6.49. The number of ether oxygens (including phenoxy) is 1. The Morgan fingerprint density at radius 1 is 1.16 bits per heavy atom. The number of hydrogen-bond donors (Lipinski definition) is 1. The maximum atomic E-state index is 12.9. The number of carbonyl (C=O) groups is 1. The molecule has 1 aromatic rings. The van der Waals surface area contributed by atoms with Crippen LogP contribution in [0.2, 0.25) is 0 Å². The quantitative estimate of drug-likeness (QED) is 0.861. The van der Waals surface area contributed by atoms with Gasteiger partial charge >= 0.3 is 0 Å². The van der Waals surface area contributed by atoms with Gasteiger partial charge in [0, 0.05) is 25.2 Å². The summed E-state index contributed by atoms with van der Waals surface area (Å²) in [7, 11) is 0. The molecule has 2 fully saturated rings. The van der Waals surface area contributed by atoms with Gasteiger partial charge in [0.1, 0.15) is 0 Å². The average molecular weight is 344 g/mol. The fraction of sp³-hybridized carbons (Fsp3) is 0.667. The SMILES string of the molecule is CCC(C(=O)NCC1(N2CCOCC2)CCCCC1)c1ccccc1. The second-order valence-electron chi connectivity index (χ2n) is 7.47. The third kappa shape index (κ3) is 4.42. The van der Waals surface area contributed by atoms with E-state index in [2.05, 4.69) is 29.3 Å². The van der Waals surface area contributed by atoms with Crippen LogP contribution in [-0.2, 0) is 9.53 Å². The first kappa shape index (κ1) is 18.4. The predicted molar refractivity (Wildman–Crippen MR) is 101 cm³/mol. The van der Waals surface area contributed by atoms with Gasteiger partial charge in [-0.1, -0.05) is 56.5 Å². The van der Waals surface area contributed by atoms with Crippen LogP contribution >= 0.6 is 0 Å². The number of morpholine rings is 1. The standard InChI is InChI=1S/C21H32N2O2/c1-2-19(18-9-5-3-6-10-18)20(24)22-17-21(11-7-4-8-12-21)23-13-15-25-16-14-23/h3,5-6,9-10,19H,2,4,7-8,11-17H2,1H3,(H,22,24). The van der Waals surface area contributed by atoms with Gasteiger partial charge in [-0.2, -0.15) is 0 Å². The van der Waals surface area contributed by atoms with Crippen LogP contribution in [0.4, 0.5) is 0 Å². The van der Waals surface area contributed by atoms with Crippen molar-refractivity contribution < 1.29 is 9.53 Å². The van der Waals surface area contributed by atoms with Gasteiger partial charge in [0.05, 0.1) is 19.1 Å². The van der Waals surface area contributed by atoms with Crippen molar-refractivity contribution in [3.8, 4) is 0 Å². The Bertz CT molecular complexity index is 534. The lowest BCUT2D eigenvalue weighted by molar-refractivity contribution is -0.124. The molecule has 1 atom stereocenters. The predicted octanol–water partition coefficient (Wildman–Crippen LogP) is 3.33. The van der Waals surface area contributed by atoms with Gasteiger partial charge < -0.3 is 10.1 Å². The van der Waals surface area contributed by atoms with E-state index in [1.54, 1.807) is 0 Å². The number of amides is 1. The van der Waals surface area contributed by atoms with Crippen molar-refractivity contribution in [2.24, 2.45) is 0 Å². The molecule has 1 aliphatic heterocycles. The summed E-state index contributed by atoms with van der Waals surface area (Å²) in [6.45, 7) is 6.48. The van der Waals surface area contributed by atoms with Crippen LogP contribution in [0.3, 0.4) is 0 Å². The van der Waals surface area contributed by atoms with Crippen molar-refractivity contribution in [1.82, 2.24) is 10.2 Å². The lowest BCUT2D eigenvalue weighted by Crippen LogP contribution is -2.60. The van der Waals surface area contributed by atoms with E-state index in [1.165, 1.54) is 32.1 Å². The van der Waals surface area contributed by atoms with Crippen molar-refractivity contribution in [3.05, 3.63) is 35.9 Å². The Labute approximate surface area is 151 Å². The number of carbonyl (C=O) groups excluding carboxylic acids is 1. The Morgan fingerprint density at radius 2 is 1.84 bits per heavy atom. The lowest BCUT2D eigenvalue weighted by atomic mass is 9.79. The van der Waals surface area contributed by atoms with Gasteiger partial charge in [-0.3, -0.25) is 9.69 Å². The number of nitrogens with one attached hydrogen (secondary N) is 1. The molecule has 4 heteroatoms. The third-order valence-corrected chi connectivity index (χ3v) is 5.98. The van der Waals surface area contributed by atoms with E-state index >= 15 is 0 Å². The Hall–Kier alpha value is -1.39. The smallest absolute Gasteiger partial charge is 0.227 e. The highest BCUT2D eigenvalue weighted by molar-refractivity contribution is 5.83. The van der Waals surface area contributed by atoms with Crippen LogP contribution in [0.25, 0.3) is 0 Å². The van der Waals surface area contributed by atoms with E-state index in [1.807, 2.05) is 18.2 Å². The fourth-order valence-electron chi connectivity index (χ4n) is 4.49. The molecule has 3 rings (SSSR count). The van der Waals surface area contributed by atoms with Crippen molar-refractivity contribution in [2.45, 2.75) is 56.9 Å². The van der Waals surface area contributed by atoms with Gasteiger partial charge in [-0.15, -0.1) is 0 Å². The van der Waals surface area contributed by atoms with Gasteiger partial charge in [0.2, 0.25) is 5.91 Å². The minimum atomic E-state index is -0.0495. The topological polar surface area (TPSA) is 41.6 Å². The molecular formula is C21H32N2O2. The summed E-state index contributed by atoms with van der Waals surface area (Å²) < 4.78 is 5.55. The van der Waals surface area contributed by atoms with Crippen molar-refractivity contribution >= 4 is 5.91 Å². The van der Waals surface area contributed by atoms with E-state index in [9.17, 15) is 4.79 Å². The zero-order chi connectivity index (χ0) is 17.5. The molecule has 1 amide bonds. The molecule has 1 saturated heterocycles. The zero-order valence-corrected chi connectivity index (χ0v) is 15.5. The first-order valence-electron chi connectivity index (χ1n) is 9.91. The first-order valence-corrected chi connectivity index (χ1v) is 9.91. The number of benzene rings is 1. The molecule has 4 nitrogen and oxygen atoms in total. The monoisotopic (exact) mass is 344 g/mol. The van der Waals surface area contributed by atoms with Crippen LogP contribution in [0.1, 0.15) is 56.9 Å². The highest BCUT2D eigenvalue weighted by atomic mass is 16.5. The van der Waals surface area contributed by atoms with Gasteiger partial charge in [0.15, 0.2) is 0 Å². The average Bonchev–Trinajstić information content (AvgIpc) is 2.69. The summed E-state index contributed by atoms with van der Waals surface area (Å²) in [5, 5.41) is 3.32. The van der Waals surface area contributed by atoms with Crippen molar-refractivity contribution in [2.75, 3.05) is 32.8 Å². The molecule has 0 spiro atoms. The molecule has 1 aliphatic carbocycles. The molecule has 2 aliphatic rings. The Balaban J connectivity index is 1.66. The molecule has 25 heavy (non-hydrogen) atoms. The van der Waals surface area contributed by atoms with Crippen LogP contribution in [0.5, 0.6) is 0 Å². The minimum absolute atomic E-state index is 0.0495. The fourth-order valence-corrected chi connectivity index (χ4v) is 4.49. The number of nitrogens with zero attached hydrogens (tertiary/aromatic N) is 1. The Morgan fingerprint density at radius 3 is 2.48 bits per heavy atom. The summed E-state index contributed by atoms with van der Waals surface area (Å²) in [6, 6.07) is 10.2. The molecular weight excluding hydrogens is 312 g/mol. The third-order valence-electron chi connectivity index (χ3n) is 5.98. The molecule has 1 unspecified atom stereocenters. The number of hydrogen-bond acceptors (Lipinski definition) is 3. The molecule has 0 aromatic heterocycles. The van der Waals surface area contributed by atoms with Gasteiger partial charge in [0.25, 0.3) is 0 Å². The summed E-state index contributed by atoms with van der Waals surface area (Å²) in [5.74, 6) is 0.124. The highest BCUT2D eigenvalue weighted by Gasteiger charge is 2.39. The molecule has 138 valence electrons. The van der Waals surface area contributed by atoms with Crippen LogP contribution < -0.4 is 5.32 Å².